The smallest absolute Gasteiger partial charge is 0.293 e. The Hall–Kier alpha value is -3.20. The molecular formula is C20H21N5O3S. The number of furan rings is 1. The van der Waals surface area contributed by atoms with Crippen LogP contribution in [0.2, 0.25) is 0 Å². The molecule has 1 aliphatic rings. The van der Waals surface area contributed by atoms with E-state index in [4.69, 9.17) is 4.42 Å². The number of nitrogens with one attached hydrogen (secondary N) is 1. The summed E-state index contributed by atoms with van der Waals surface area (Å²) < 4.78 is 5.06. The number of aryl methyl sites for hydroxylation is 1. The molecule has 0 spiro atoms. The van der Waals surface area contributed by atoms with Gasteiger partial charge in [0.25, 0.3) is 5.91 Å². The lowest BCUT2D eigenvalue weighted by Gasteiger charge is -2.35. The van der Waals surface area contributed by atoms with Gasteiger partial charge in [0.2, 0.25) is 5.91 Å². The average molecular weight is 411 g/mol. The van der Waals surface area contributed by atoms with Gasteiger partial charge in [0.05, 0.1) is 12.0 Å². The lowest BCUT2D eigenvalue weighted by atomic mass is 10.2. The van der Waals surface area contributed by atoms with Gasteiger partial charge in [0, 0.05) is 44.2 Å². The van der Waals surface area contributed by atoms with Gasteiger partial charge in [0.1, 0.15) is 5.82 Å². The quantitative estimate of drug-likeness (QED) is 0.671. The number of carbonyl (C=O) groups excluding carboxylic acids is 2. The molecule has 1 N–H and O–H groups in total. The Labute approximate surface area is 172 Å². The third-order valence-corrected chi connectivity index (χ3v) is 5.52. The number of anilines is 2. The van der Waals surface area contributed by atoms with Gasteiger partial charge in [-0.25, -0.2) is 9.97 Å². The fraction of sp³-hybridized carbons (Fsp3) is 0.300. The molecule has 4 rings (SSSR count). The number of hydrogen-bond donors (Lipinski definition) is 1. The Morgan fingerprint density at radius 1 is 1.14 bits per heavy atom. The van der Waals surface area contributed by atoms with E-state index in [0.717, 1.165) is 24.6 Å². The van der Waals surface area contributed by atoms with Crippen LogP contribution in [0.15, 0.2) is 52.6 Å². The van der Waals surface area contributed by atoms with Crippen molar-refractivity contribution in [1.29, 1.82) is 0 Å². The molecule has 3 aromatic rings. The zero-order valence-corrected chi connectivity index (χ0v) is 16.6. The summed E-state index contributed by atoms with van der Waals surface area (Å²) in [6, 6.07) is 9.11. The topological polar surface area (TPSA) is 91.6 Å². The zero-order valence-electron chi connectivity index (χ0n) is 15.8. The normalized spacial score (nSPS) is 14.1. The van der Waals surface area contributed by atoms with E-state index < -0.39 is 0 Å². The summed E-state index contributed by atoms with van der Waals surface area (Å²) in [6.45, 7) is 2.94. The highest BCUT2D eigenvalue weighted by Crippen LogP contribution is 2.19. The second-order valence-corrected chi connectivity index (χ2v) is 7.49. The Kier molecular flexibility index (Phi) is 5.85. The number of carbonyl (C=O) groups is 2. The van der Waals surface area contributed by atoms with Gasteiger partial charge in [-0.15, -0.1) is 11.3 Å². The number of thiazole rings is 1. The van der Waals surface area contributed by atoms with E-state index in [1.54, 1.807) is 18.3 Å². The first-order chi connectivity index (χ1) is 14.2. The number of hydrogen-bond acceptors (Lipinski definition) is 7. The summed E-state index contributed by atoms with van der Waals surface area (Å²) in [5, 5.41) is 5.07. The summed E-state index contributed by atoms with van der Waals surface area (Å²) in [5.74, 6) is 0.977. The van der Waals surface area contributed by atoms with E-state index in [9.17, 15) is 9.59 Å². The van der Waals surface area contributed by atoms with Gasteiger partial charge < -0.3 is 14.2 Å². The van der Waals surface area contributed by atoms with Crippen LogP contribution in [0.4, 0.5) is 10.9 Å². The van der Waals surface area contributed by atoms with Crippen LogP contribution in [-0.4, -0.2) is 52.9 Å². The fourth-order valence-corrected chi connectivity index (χ4v) is 3.90. The first-order valence-corrected chi connectivity index (χ1v) is 10.3. The summed E-state index contributed by atoms with van der Waals surface area (Å²) in [4.78, 5) is 37.4. The summed E-state index contributed by atoms with van der Waals surface area (Å²) in [6.07, 6.45) is 4.18. The second-order valence-electron chi connectivity index (χ2n) is 6.63. The van der Waals surface area contributed by atoms with Crippen molar-refractivity contribution in [1.82, 2.24) is 14.9 Å². The third kappa shape index (κ3) is 4.80. The molecule has 0 bridgehead atoms. The van der Waals surface area contributed by atoms with Crippen LogP contribution in [-0.2, 0) is 11.2 Å². The second kappa shape index (κ2) is 8.87. The van der Waals surface area contributed by atoms with Crippen molar-refractivity contribution in [3.05, 3.63) is 59.6 Å². The van der Waals surface area contributed by atoms with Gasteiger partial charge in [-0.05, 0) is 30.7 Å². The molecule has 0 radical (unpaired) electrons. The van der Waals surface area contributed by atoms with Gasteiger partial charge in [-0.1, -0.05) is 6.07 Å². The number of piperazine rings is 1. The van der Waals surface area contributed by atoms with Crippen molar-refractivity contribution in [2.75, 3.05) is 36.4 Å². The molecule has 0 atom stereocenters. The molecule has 0 saturated carbocycles. The molecule has 1 saturated heterocycles. The minimum atomic E-state index is -0.335. The first-order valence-electron chi connectivity index (χ1n) is 9.42. The average Bonchev–Trinajstić information content (AvgIpc) is 3.45. The number of nitrogens with zero attached hydrogens (tertiary/aromatic N) is 4. The molecule has 1 aliphatic heterocycles. The highest BCUT2D eigenvalue weighted by molar-refractivity contribution is 7.13. The molecule has 1 fully saturated rings. The van der Waals surface area contributed by atoms with Crippen LogP contribution < -0.4 is 10.2 Å². The van der Waals surface area contributed by atoms with E-state index in [0.29, 0.717) is 31.1 Å². The van der Waals surface area contributed by atoms with Crippen molar-refractivity contribution in [2.45, 2.75) is 12.8 Å². The molecule has 2 amide bonds. The standard InChI is InChI=1S/C20H21N5O3S/c26-18(25-11-9-24(10-12-25)17-5-1-2-8-21-17)7-6-15-14-29-20(22-15)23-19(27)16-4-3-13-28-16/h1-5,8,13-14H,6-7,9-12H2,(H,22,23,27). The molecule has 0 unspecified atom stereocenters. The van der Waals surface area contributed by atoms with E-state index in [1.165, 1.54) is 17.6 Å². The molecule has 0 aliphatic carbocycles. The Balaban J connectivity index is 1.23. The van der Waals surface area contributed by atoms with Crippen LogP contribution in [0.25, 0.3) is 0 Å². The van der Waals surface area contributed by atoms with Crippen LogP contribution in [0, 0.1) is 0 Å². The lowest BCUT2D eigenvalue weighted by molar-refractivity contribution is -0.131. The molecule has 4 heterocycles. The molecule has 150 valence electrons. The van der Waals surface area contributed by atoms with Crippen molar-refractivity contribution >= 4 is 34.1 Å². The zero-order chi connectivity index (χ0) is 20.1. The molecule has 3 aromatic heterocycles. The van der Waals surface area contributed by atoms with Gasteiger partial charge in [-0.3, -0.25) is 14.9 Å². The van der Waals surface area contributed by atoms with E-state index in [1.807, 2.05) is 28.5 Å². The monoisotopic (exact) mass is 411 g/mol. The highest BCUT2D eigenvalue weighted by atomic mass is 32.1. The molecular weight excluding hydrogens is 390 g/mol. The minimum Gasteiger partial charge on any atom is -0.459 e. The molecule has 29 heavy (non-hydrogen) atoms. The SMILES string of the molecule is O=C(Nc1nc(CCC(=O)N2CCN(c3ccccn3)CC2)cs1)c1ccco1. The predicted molar refractivity (Wildman–Crippen MR) is 110 cm³/mol. The number of aromatic nitrogens is 2. The van der Waals surface area contributed by atoms with Crippen LogP contribution in [0.5, 0.6) is 0 Å². The van der Waals surface area contributed by atoms with E-state index in [-0.39, 0.29) is 17.6 Å². The van der Waals surface area contributed by atoms with Crippen molar-refractivity contribution < 1.29 is 14.0 Å². The summed E-state index contributed by atoms with van der Waals surface area (Å²) in [5.41, 5.74) is 0.796. The van der Waals surface area contributed by atoms with Crippen LogP contribution in [0.1, 0.15) is 22.7 Å². The largest absolute Gasteiger partial charge is 0.459 e. The molecule has 8 nitrogen and oxygen atoms in total. The van der Waals surface area contributed by atoms with Gasteiger partial charge in [0.15, 0.2) is 10.9 Å². The number of pyridine rings is 1. The van der Waals surface area contributed by atoms with Gasteiger partial charge in [-0.2, -0.15) is 0 Å². The van der Waals surface area contributed by atoms with Crippen LogP contribution in [0.3, 0.4) is 0 Å². The Morgan fingerprint density at radius 2 is 2.00 bits per heavy atom. The first kappa shape index (κ1) is 19.1. The maximum Gasteiger partial charge on any atom is 0.293 e. The summed E-state index contributed by atoms with van der Waals surface area (Å²) >= 11 is 1.34. The fourth-order valence-electron chi connectivity index (χ4n) is 3.16. The van der Waals surface area contributed by atoms with E-state index >= 15 is 0 Å². The summed E-state index contributed by atoms with van der Waals surface area (Å²) in [7, 11) is 0. The maximum absolute atomic E-state index is 12.5. The molecule has 9 heteroatoms. The third-order valence-electron chi connectivity index (χ3n) is 4.72. The van der Waals surface area contributed by atoms with Crippen molar-refractivity contribution in [3.8, 4) is 0 Å². The lowest BCUT2D eigenvalue weighted by Crippen LogP contribution is -2.49. The Bertz CT molecular complexity index is 950. The predicted octanol–water partition coefficient (Wildman–Crippen LogP) is 2.66. The molecule has 0 aromatic carbocycles. The van der Waals surface area contributed by atoms with Gasteiger partial charge >= 0.3 is 0 Å². The Morgan fingerprint density at radius 3 is 2.72 bits per heavy atom. The number of amides is 2. The van der Waals surface area contributed by atoms with Crippen LogP contribution >= 0.6 is 11.3 Å². The van der Waals surface area contributed by atoms with Crippen molar-refractivity contribution in [3.63, 3.8) is 0 Å². The highest BCUT2D eigenvalue weighted by Gasteiger charge is 2.22. The minimum absolute atomic E-state index is 0.125. The maximum atomic E-state index is 12.5. The number of rotatable bonds is 6. The van der Waals surface area contributed by atoms with Crippen molar-refractivity contribution in [2.24, 2.45) is 0 Å². The van der Waals surface area contributed by atoms with E-state index in [2.05, 4.69) is 20.2 Å².